The van der Waals surface area contributed by atoms with Crippen molar-refractivity contribution in [1.82, 2.24) is 10.6 Å². The quantitative estimate of drug-likeness (QED) is 0.613. The Balaban J connectivity index is 2.24. The van der Waals surface area contributed by atoms with Gasteiger partial charge in [-0.3, -0.25) is 9.59 Å². The number of urea groups is 1. The van der Waals surface area contributed by atoms with Crippen molar-refractivity contribution >= 4 is 23.6 Å². The van der Waals surface area contributed by atoms with E-state index < -0.39 is 23.8 Å². The monoisotopic (exact) mass is 279 g/mol. The molecule has 0 aliphatic rings. The van der Waals surface area contributed by atoms with E-state index in [0.717, 1.165) is 0 Å². The zero-order chi connectivity index (χ0) is 15.0. The van der Waals surface area contributed by atoms with Gasteiger partial charge in [-0.25, -0.2) is 4.79 Å². The molecule has 0 bridgehead atoms. The summed E-state index contributed by atoms with van der Waals surface area (Å²) >= 11 is 0. The van der Waals surface area contributed by atoms with E-state index in [1.807, 2.05) is 6.07 Å². The van der Waals surface area contributed by atoms with Gasteiger partial charge in [0.2, 0.25) is 5.91 Å². The number of benzene rings is 1. The fourth-order valence-corrected chi connectivity index (χ4v) is 1.27. The van der Waals surface area contributed by atoms with Gasteiger partial charge in [-0.1, -0.05) is 25.1 Å². The van der Waals surface area contributed by atoms with Gasteiger partial charge in [-0.05, 0) is 12.1 Å². The molecule has 4 N–H and O–H groups in total. The van der Waals surface area contributed by atoms with Crippen molar-refractivity contribution in [2.75, 3.05) is 18.4 Å². The molecular weight excluding hydrogens is 262 g/mol. The predicted molar refractivity (Wildman–Crippen MR) is 73.3 cm³/mol. The van der Waals surface area contributed by atoms with Crippen LogP contribution in [0.1, 0.15) is 6.92 Å². The fraction of sp³-hybridized carbons (Fsp3) is 0.308. The van der Waals surface area contributed by atoms with Crippen LogP contribution in [0.3, 0.4) is 0 Å². The van der Waals surface area contributed by atoms with Crippen LogP contribution in [0.25, 0.3) is 0 Å². The molecule has 1 aromatic rings. The number of carboxylic acids is 1. The molecular formula is C13H17N3O4. The van der Waals surface area contributed by atoms with Gasteiger partial charge in [-0.15, -0.1) is 0 Å². The second-order valence-electron chi connectivity index (χ2n) is 4.22. The van der Waals surface area contributed by atoms with E-state index in [-0.39, 0.29) is 13.1 Å². The van der Waals surface area contributed by atoms with E-state index in [0.29, 0.717) is 5.69 Å². The van der Waals surface area contributed by atoms with Gasteiger partial charge in [0.15, 0.2) is 0 Å². The molecule has 0 radical (unpaired) electrons. The van der Waals surface area contributed by atoms with Crippen LogP contribution in [0.5, 0.6) is 0 Å². The second kappa shape index (κ2) is 7.78. The minimum Gasteiger partial charge on any atom is -0.481 e. The first-order valence-corrected chi connectivity index (χ1v) is 6.08. The molecule has 7 nitrogen and oxygen atoms in total. The standard InChI is InChI=1S/C13H17N3O4/c1-9(12(18)19)7-14-11(17)8-15-13(20)16-10-5-3-2-4-6-10/h2-6,9H,7-8H2,1H3,(H,14,17)(H,18,19)(H2,15,16,20). The van der Waals surface area contributed by atoms with Crippen molar-refractivity contribution in [2.24, 2.45) is 5.92 Å². The molecule has 0 aromatic heterocycles. The van der Waals surface area contributed by atoms with Crippen LogP contribution in [-0.2, 0) is 9.59 Å². The van der Waals surface area contributed by atoms with Crippen molar-refractivity contribution in [3.05, 3.63) is 30.3 Å². The van der Waals surface area contributed by atoms with E-state index >= 15 is 0 Å². The van der Waals surface area contributed by atoms with Gasteiger partial charge in [0.1, 0.15) is 0 Å². The first-order valence-electron chi connectivity index (χ1n) is 6.08. The van der Waals surface area contributed by atoms with E-state index in [1.54, 1.807) is 24.3 Å². The molecule has 0 saturated carbocycles. The Hall–Kier alpha value is -2.57. The number of nitrogens with one attached hydrogen (secondary N) is 3. The predicted octanol–water partition coefficient (Wildman–Crippen LogP) is 0.645. The summed E-state index contributed by atoms with van der Waals surface area (Å²) in [6.07, 6.45) is 0. The topological polar surface area (TPSA) is 108 Å². The zero-order valence-corrected chi connectivity index (χ0v) is 11.1. The molecule has 1 unspecified atom stereocenters. The van der Waals surface area contributed by atoms with E-state index in [2.05, 4.69) is 16.0 Å². The summed E-state index contributed by atoms with van der Waals surface area (Å²) in [7, 11) is 0. The normalized spacial score (nSPS) is 11.2. The zero-order valence-electron chi connectivity index (χ0n) is 11.1. The van der Waals surface area contributed by atoms with Gasteiger partial charge in [0.05, 0.1) is 12.5 Å². The third-order valence-corrected chi connectivity index (χ3v) is 2.47. The third-order valence-electron chi connectivity index (χ3n) is 2.47. The maximum absolute atomic E-state index is 11.5. The molecule has 0 aliphatic carbocycles. The largest absolute Gasteiger partial charge is 0.481 e. The lowest BCUT2D eigenvalue weighted by molar-refractivity contribution is -0.141. The van der Waals surface area contributed by atoms with Crippen molar-refractivity contribution in [3.8, 4) is 0 Å². The molecule has 0 spiro atoms. The molecule has 1 rings (SSSR count). The Morgan fingerprint density at radius 2 is 1.80 bits per heavy atom. The molecule has 1 aromatic carbocycles. The summed E-state index contributed by atoms with van der Waals surface area (Å²) < 4.78 is 0. The third kappa shape index (κ3) is 5.85. The summed E-state index contributed by atoms with van der Waals surface area (Å²) in [5.74, 6) is -2.10. The van der Waals surface area contributed by atoms with Gasteiger partial charge in [-0.2, -0.15) is 0 Å². The number of aliphatic carboxylic acids is 1. The van der Waals surface area contributed by atoms with Gasteiger partial charge in [0, 0.05) is 12.2 Å². The number of hydrogen-bond acceptors (Lipinski definition) is 3. The van der Waals surface area contributed by atoms with Gasteiger partial charge < -0.3 is 21.1 Å². The van der Waals surface area contributed by atoms with Crippen LogP contribution in [0.15, 0.2) is 30.3 Å². The molecule has 0 fully saturated rings. The van der Waals surface area contributed by atoms with Crippen molar-refractivity contribution in [3.63, 3.8) is 0 Å². The molecule has 0 saturated heterocycles. The maximum atomic E-state index is 11.5. The van der Waals surface area contributed by atoms with Crippen LogP contribution < -0.4 is 16.0 Å². The van der Waals surface area contributed by atoms with Crippen molar-refractivity contribution < 1.29 is 19.5 Å². The van der Waals surface area contributed by atoms with Crippen molar-refractivity contribution in [1.29, 1.82) is 0 Å². The van der Waals surface area contributed by atoms with Crippen LogP contribution >= 0.6 is 0 Å². The van der Waals surface area contributed by atoms with E-state index in [9.17, 15) is 14.4 Å². The highest BCUT2D eigenvalue weighted by atomic mass is 16.4. The Morgan fingerprint density at radius 3 is 2.40 bits per heavy atom. The number of para-hydroxylation sites is 1. The molecule has 3 amide bonds. The van der Waals surface area contributed by atoms with Crippen LogP contribution in [-0.4, -0.2) is 36.1 Å². The molecule has 20 heavy (non-hydrogen) atoms. The van der Waals surface area contributed by atoms with E-state index in [1.165, 1.54) is 6.92 Å². The average molecular weight is 279 g/mol. The fourth-order valence-electron chi connectivity index (χ4n) is 1.27. The molecule has 0 heterocycles. The highest BCUT2D eigenvalue weighted by molar-refractivity contribution is 5.92. The highest BCUT2D eigenvalue weighted by Crippen LogP contribution is 2.03. The van der Waals surface area contributed by atoms with Gasteiger partial charge in [0.25, 0.3) is 0 Å². The number of amides is 3. The van der Waals surface area contributed by atoms with E-state index in [4.69, 9.17) is 5.11 Å². The minimum atomic E-state index is -0.986. The Morgan fingerprint density at radius 1 is 1.15 bits per heavy atom. The summed E-state index contributed by atoms with van der Waals surface area (Å²) in [4.78, 5) is 33.4. The van der Waals surface area contributed by atoms with Crippen LogP contribution in [0.2, 0.25) is 0 Å². The Labute approximate surface area is 116 Å². The lowest BCUT2D eigenvalue weighted by Gasteiger charge is -2.10. The highest BCUT2D eigenvalue weighted by Gasteiger charge is 2.12. The first-order chi connectivity index (χ1) is 9.49. The number of carbonyl (C=O) groups is 3. The number of anilines is 1. The van der Waals surface area contributed by atoms with Crippen molar-refractivity contribution in [2.45, 2.75) is 6.92 Å². The molecule has 0 aliphatic heterocycles. The Bertz CT molecular complexity index is 476. The SMILES string of the molecule is CC(CNC(=O)CNC(=O)Nc1ccccc1)C(=O)O. The number of carbonyl (C=O) groups excluding carboxylic acids is 2. The number of hydrogen-bond donors (Lipinski definition) is 4. The second-order valence-corrected chi connectivity index (χ2v) is 4.22. The first kappa shape index (κ1) is 15.5. The molecule has 7 heteroatoms. The smallest absolute Gasteiger partial charge is 0.319 e. The van der Waals surface area contributed by atoms with Gasteiger partial charge >= 0.3 is 12.0 Å². The van der Waals surface area contributed by atoms with Crippen LogP contribution in [0.4, 0.5) is 10.5 Å². The summed E-state index contributed by atoms with van der Waals surface area (Å²) in [5.41, 5.74) is 0.616. The molecule has 1 atom stereocenters. The summed E-state index contributed by atoms with van der Waals surface area (Å²) in [5, 5.41) is 16.0. The minimum absolute atomic E-state index is 0.0240. The summed E-state index contributed by atoms with van der Waals surface area (Å²) in [6, 6.07) is 8.30. The Kier molecular flexibility index (Phi) is 6.02. The number of carboxylic acid groups (broad SMARTS) is 1. The maximum Gasteiger partial charge on any atom is 0.319 e. The molecule has 108 valence electrons. The lowest BCUT2D eigenvalue weighted by atomic mass is 10.2. The van der Waals surface area contributed by atoms with Crippen LogP contribution in [0, 0.1) is 5.92 Å². The summed E-state index contributed by atoms with van der Waals surface area (Å²) in [6.45, 7) is 1.29. The lowest BCUT2D eigenvalue weighted by Crippen LogP contribution is -2.41. The average Bonchev–Trinajstić information content (AvgIpc) is 2.43. The number of rotatable bonds is 6.